The second kappa shape index (κ2) is 3.77. The van der Waals surface area contributed by atoms with E-state index in [0.29, 0.717) is 19.4 Å². The van der Waals surface area contributed by atoms with E-state index in [4.69, 9.17) is 5.11 Å². The van der Waals surface area contributed by atoms with Crippen molar-refractivity contribution in [2.45, 2.75) is 32.6 Å². The fourth-order valence-electron chi connectivity index (χ4n) is 1.48. The molecular weight excluding hydrogens is 170 g/mol. The fourth-order valence-corrected chi connectivity index (χ4v) is 1.48. The first-order valence-electron chi connectivity index (χ1n) is 4.65. The highest BCUT2D eigenvalue weighted by atomic mass is 16.4. The summed E-state index contributed by atoms with van der Waals surface area (Å²) in [7, 11) is 0. The van der Waals surface area contributed by atoms with Gasteiger partial charge in [0.25, 0.3) is 0 Å². The van der Waals surface area contributed by atoms with Gasteiger partial charge in [0.2, 0.25) is 5.91 Å². The first-order chi connectivity index (χ1) is 6.13. The van der Waals surface area contributed by atoms with Gasteiger partial charge >= 0.3 is 5.97 Å². The van der Waals surface area contributed by atoms with Crippen molar-refractivity contribution in [3.8, 4) is 0 Å². The number of nitrogens with one attached hydrogen (secondary N) is 1. The smallest absolute Gasteiger partial charge is 0.319 e. The minimum Gasteiger partial charge on any atom is -0.480 e. The summed E-state index contributed by atoms with van der Waals surface area (Å²) in [5, 5.41) is 11.5. The molecule has 0 unspecified atom stereocenters. The van der Waals surface area contributed by atoms with Gasteiger partial charge in [0.1, 0.15) is 5.41 Å². The molecule has 74 valence electrons. The van der Waals surface area contributed by atoms with Crippen molar-refractivity contribution in [3.05, 3.63) is 0 Å². The lowest BCUT2D eigenvalue weighted by atomic mass is 9.68. The normalized spacial score (nSPS) is 18.8. The SMILES string of the molecule is CCCNC(=O)C1(C(=O)O)CCC1. The Morgan fingerprint density at radius 1 is 1.46 bits per heavy atom. The zero-order valence-corrected chi connectivity index (χ0v) is 7.80. The van der Waals surface area contributed by atoms with Gasteiger partial charge < -0.3 is 10.4 Å². The highest BCUT2D eigenvalue weighted by Crippen LogP contribution is 2.41. The Kier molecular flexibility index (Phi) is 2.90. The second-order valence-electron chi connectivity index (χ2n) is 3.50. The summed E-state index contributed by atoms with van der Waals surface area (Å²) in [5.74, 6) is -1.29. The van der Waals surface area contributed by atoms with Gasteiger partial charge in [-0.1, -0.05) is 13.3 Å². The van der Waals surface area contributed by atoms with E-state index in [-0.39, 0.29) is 5.91 Å². The first-order valence-corrected chi connectivity index (χ1v) is 4.65. The Morgan fingerprint density at radius 3 is 2.38 bits per heavy atom. The summed E-state index contributed by atoms with van der Waals surface area (Å²) >= 11 is 0. The molecule has 13 heavy (non-hydrogen) atoms. The summed E-state index contributed by atoms with van der Waals surface area (Å²) in [6.07, 6.45) is 2.64. The van der Waals surface area contributed by atoms with E-state index >= 15 is 0 Å². The molecule has 0 heterocycles. The third-order valence-corrected chi connectivity index (χ3v) is 2.59. The highest BCUT2D eigenvalue weighted by Gasteiger charge is 2.50. The standard InChI is InChI=1S/C9H15NO3/c1-2-6-10-7(11)9(8(12)13)4-3-5-9/h2-6H2,1H3,(H,10,11)(H,12,13). The third-order valence-electron chi connectivity index (χ3n) is 2.59. The van der Waals surface area contributed by atoms with Crippen molar-refractivity contribution in [1.29, 1.82) is 0 Å². The molecule has 0 atom stereocenters. The Morgan fingerprint density at radius 2 is 2.08 bits per heavy atom. The van der Waals surface area contributed by atoms with Gasteiger partial charge in [0.15, 0.2) is 0 Å². The zero-order chi connectivity index (χ0) is 9.90. The summed E-state index contributed by atoms with van der Waals surface area (Å²) in [5.41, 5.74) is -1.10. The van der Waals surface area contributed by atoms with E-state index in [9.17, 15) is 9.59 Å². The van der Waals surface area contributed by atoms with Crippen LogP contribution in [0.25, 0.3) is 0 Å². The van der Waals surface area contributed by atoms with E-state index < -0.39 is 11.4 Å². The van der Waals surface area contributed by atoms with Crippen LogP contribution in [0.3, 0.4) is 0 Å². The molecule has 0 aromatic carbocycles. The molecule has 4 heteroatoms. The predicted octanol–water partition coefficient (Wildman–Crippen LogP) is 0.767. The van der Waals surface area contributed by atoms with Crippen LogP contribution in [-0.4, -0.2) is 23.5 Å². The van der Waals surface area contributed by atoms with Gasteiger partial charge in [-0.05, 0) is 19.3 Å². The van der Waals surface area contributed by atoms with E-state index in [1.807, 2.05) is 6.92 Å². The average molecular weight is 185 g/mol. The van der Waals surface area contributed by atoms with Gasteiger partial charge in [0.05, 0.1) is 0 Å². The molecule has 1 aliphatic rings. The molecular formula is C9H15NO3. The van der Waals surface area contributed by atoms with Crippen molar-refractivity contribution < 1.29 is 14.7 Å². The van der Waals surface area contributed by atoms with Crippen LogP contribution in [0.15, 0.2) is 0 Å². The number of carbonyl (C=O) groups excluding carboxylic acids is 1. The molecule has 1 saturated carbocycles. The molecule has 1 amide bonds. The molecule has 0 spiro atoms. The molecule has 1 fully saturated rings. The van der Waals surface area contributed by atoms with Gasteiger partial charge in [-0.15, -0.1) is 0 Å². The zero-order valence-electron chi connectivity index (χ0n) is 7.80. The third kappa shape index (κ3) is 1.66. The maximum atomic E-state index is 11.5. The van der Waals surface area contributed by atoms with Crippen LogP contribution in [-0.2, 0) is 9.59 Å². The van der Waals surface area contributed by atoms with Crippen molar-refractivity contribution >= 4 is 11.9 Å². The summed E-state index contributed by atoms with van der Waals surface area (Å²) in [4.78, 5) is 22.3. The van der Waals surface area contributed by atoms with Crippen molar-refractivity contribution in [2.24, 2.45) is 5.41 Å². The van der Waals surface area contributed by atoms with Crippen LogP contribution in [0.4, 0.5) is 0 Å². The molecule has 1 aliphatic carbocycles. The van der Waals surface area contributed by atoms with Crippen LogP contribution >= 0.6 is 0 Å². The Hall–Kier alpha value is -1.06. The molecule has 0 radical (unpaired) electrons. The van der Waals surface area contributed by atoms with Crippen LogP contribution < -0.4 is 5.32 Å². The Labute approximate surface area is 77.3 Å². The highest BCUT2D eigenvalue weighted by molar-refractivity contribution is 6.02. The van der Waals surface area contributed by atoms with Crippen LogP contribution in [0, 0.1) is 5.41 Å². The van der Waals surface area contributed by atoms with E-state index in [1.54, 1.807) is 0 Å². The number of hydrogen-bond acceptors (Lipinski definition) is 2. The summed E-state index contributed by atoms with van der Waals surface area (Å²) < 4.78 is 0. The van der Waals surface area contributed by atoms with Crippen LogP contribution in [0.1, 0.15) is 32.6 Å². The number of rotatable bonds is 4. The lowest BCUT2D eigenvalue weighted by molar-refractivity contribution is -0.162. The van der Waals surface area contributed by atoms with Crippen molar-refractivity contribution in [3.63, 3.8) is 0 Å². The molecule has 0 saturated heterocycles. The van der Waals surface area contributed by atoms with Gasteiger partial charge in [0, 0.05) is 6.54 Å². The van der Waals surface area contributed by atoms with E-state index in [2.05, 4.69) is 5.32 Å². The van der Waals surface area contributed by atoms with Gasteiger partial charge in [-0.2, -0.15) is 0 Å². The maximum Gasteiger partial charge on any atom is 0.319 e. The number of carbonyl (C=O) groups is 2. The predicted molar refractivity (Wildman–Crippen MR) is 47.2 cm³/mol. The minimum atomic E-state index is -1.10. The van der Waals surface area contributed by atoms with E-state index in [0.717, 1.165) is 12.8 Å². The quantitative estimate of drug-likeness (QED) is 0.636. The minimum absolute atomic E-state index is 0.312. The molecule has 0 aliphatic heterocycles. The first kappa shape index (κ1) is 10.0. The topological polar surface area (TPSA) is 66.4 Å². The number of carboxylic acids is 1. The molecule has 1 rings (SSSR count). The monoisotopic (exact) mass is 185 g/mol. The largest absolute Gasteiger partial charge is 0.480 e. The Balaban J connectivity index is 2.56. The lowest BCUT2D eigenvalue weighted by Gasteiger charge is -2.35. The Bertz CT molecular complexity index is 221. The number of aliphatic carboxylic acids is 1. The summed E-state index contributed by atoms with van der Waals surface area (Å²) in [6, 6.07) is 0. The van der Waals surface area contributed by atoms with Gasteiger partial charge in [-0.3, -0.25) is 9.59 Å². The molecule has 0 aromatic heterocycles. The number of carboxylic acid groups (broad SMARTS) is 1. The van der Waals surface area contributed by atoms with Crippen molar-refractivity contribution in [1.82, 2.24) is 5.32 Å². The van der Waals surface area contributed by atoms with E-state index in [1.165, 1.54) is 0 Å². The van der Waals surface area contributed by atoms with Crippen LogP contribution in [0.5, 0.6) is 0 Å². The van der Waals surface area contributed by atoms with Gasteiger partial charge in [-0.25, -0.2) is 0 Å². The lowest BCUT2D eigenvalue weighted by Crippen LogP contribution is -2.51. The maximum absolute atomic E-state index is 11.5. The second-order valence-corrected chi connectivity index (χ2v) is 3.50. The molecule has 0 aromatic rings. The summed E-state index contributed by atoms with van der Waals surface area (Å²) in [6.45, 7) is 2.50. The van der Waals surface area contributed by atoms with Crippen molar-refractivity contribution in [2.75, 3.05) is 6.54 Å². The fraction of sp³-hybridized carbons (Fsp3) is 0.778. The molecule has 0 bridgehead atoms. The van der Waals surface area contributed by atoms with Crippen LogP contribution in [0.2, 0.25) is 0 Å². The molecule has 4 nitrogen and oxygen atoms in total. The number of amides is 1. The number of hydrogen-bond donors (Lipinski definition) is 2. The molecule has 2 N–H and O–H groups in total. The average Bonchev–Trinajstić information content (AvgIpc) is 1.97.